The molecule has 7 heteroatoms. The van der Waals surface area contributed by atoms with Crippen LogP contribution in [0.2, 0.25) is 0 Å². The summed E-state index contributed by atoms with van der Waals surface area (Å²) in [6, 6.07) is 0. The third-order valence-electron chi connectivity index (χ3n) is 2.46. The van der Waals surface area contributed by atoms with Gasteiger partial charge in [-0.15, -0.1) is 10.2 Å². The van der Waals surface area contributed by atoms with Gasteiger partial charge in [0.1, 0.15) is 5.69 Å². The largest absolute Gasteiger partial charge is 0.387 e. The number of aromatic amines is 2. The smallest absolute Gasteiger partial charge is 0.225 e. The fraction of sp³-hybridized carbons (Fsp3) is 0.429. The number of hydrogen-bond donors (Lipinski definition) is 3. The van der Waals surface area contributed by atoms with Crippen molar-refractivity contribution in [1.29, 1.82) is 0 Å². The fourth-order valence-electron chi connectivity index (χ4n) is 1.78. The second kappa shape index (κ2) is 2.61. The Balaban J connectivity index is 2.13. The van der Waals surface area contributed by atoms with Gasteiger partial charge in [-0.3, -0.25) is 5.10 Å². The highest BCUT2D eigenvalue weighted by atomic mass is 16.3. The van der Waals surface area contributed by atoms with Crippen LogP contribution in [-0.2, 0) is 6.42 Å². The molecule has 0 saturated carbocycles. The van der Waals surface area contributed by atoms with E-state index in [0.717, 1.165) is 24.1 Å². The van der Waals surface area contributed by atoms with Gasteiger partial charge in [-0.05, 0) is 18.1 Å². The molecule has 0 bridgehead atoms. The average Bonchev–Trinajstić information content (AvgIpc) is 2.84. The minimum absolute atomic E-state index is 0.432. The Morgan fingerprint density at radius 3 is 3.07 bits per heavy atom. The summed E-state index contributed by atoms with van der Waals surface area (Å²) in [7, 11) is 0. The number of aliphatic hydroxyl groups is 1. The molecule has 2 heterocycles. The van der Waals surface area contributed by atoms with Gasteiger partial charge in [-0.1, -0.05) is 0 Å². The van der Waals surface area contributed by atoms with Crippen LogP contribution in [-0.4, -0.2) is 35.9 Å². The number of nitrogens with zero attached hydrogens (tertiary/aromatic N) is 4. The van der Waals surface area contributed by atoms with Crippen molar-refractivity contribution in [2.75, 3.05) is 0 Å². The van der Waals surface area contributed by atoms with Gasteiger partial charge in [-0.2, -0.15) is 10.3 Å². The highest BCUT2D eigenvalue weighted by Gasteiger charge is 2.27. The van der Waals surface area contributed by atoms with E-state index in [2.05, 4.69) is 30.8 Å². The lowest BCUT2D eigenvalue weighted by atomic mass is 10.2. The first-order chi connectivity index (χ1) is 6.86. The molecular weight excluding hydrogens is 184 g/mol. The first-order valence-electron chi connectivity index (χ1n) is 4.35. The molecule has 2 aromatic rings. The quantitative estimate of drug-likeness (QED) is 0.568. The van der Waals surface area contributed by atoms with Gasteiger partial charge in [0.25, 0.3) is 0 Å². The van der Waals surface area contributed by atoms with Crippen molar-refractivity contribution in [2.24, 2.45) is 0 Å². The summed E-state index contributed by atoms with van der Waals surface area (Å²) in [4.78, 5) is 0. The standard InChI is InChI=1S/C7H8N6O/c14-4-2-1-3-5(4)8-9-6(3)7-10-12-13-11-7/h4,14H,1-2H2,(H,8,9)(H,10,11,12,13). The van der Waals surface area contributed by atoms with Gasteiger partial charge in [0.15, 0.2) is 0 Å². The van der Waals surface area contributed by atoms with Crippen molar-refractivity contribution in [3.63, 3.8) is 0 Å². The highest BCUT2D eigenvalue weighted by molar-refractivity contribution is 5.56. The van der Waals surface area contributed by atoms with Gasteiger partial charge >= 0.3 is 0 Å². The van der Waals surface area contributed by atoms with E-state index >= 15 is 0 Å². The molecule has 3 rings (SSSR count). The molecule has 0 radical (unpaired) electrons. The zero-order chi connectivity index (χ0) is 9.54. The number of hydrogen-bond acceptors (Lipinski definition) is 5. The monoisotopic (exact) mass is 192 g/mol. The molecular formula is C7H8N6O. The van der Waals surface area contributed by atoms with E-state index in [1.54, 1.807) is 0 Å². The molecule has 7 nitrogen and oxygen atoms in total. The van der Waals surface area contributed by atoms with Gasteiger partial charge < -0.3 is 5.11 Å². The van der Waals surface area contributed by atoms with E-state index < -0.39 is 6.10 Å². The van der Waals surface area contributed by atoms with E-state index in [1.165, 1.54) is 0 Å². The number of rotatable bonds is 1. The van der Waals surface area contributed by atoms with Crippen LogP contribution in [0.4, 0.5) is 0 Å². The Bertz CT molecular complexity index is 447. The molecule has 0 spiro atoms. The SMILES string of the molecule is OC1CCc2c(-c3nn[nH]n3)n[nH]c21. The second-order valence-corrected chi connectivity index (χ2v) is 3.25. The molecule has 0 aliphatic heterocycles. The minimum Gasteiger partial charge on any atom is -0.387 e. The maximum atomic E-state index is 9.56. The highest BCUT2D eigenvalue weighted by Crippen LogP contribution is 2.34. The predicted molar refractivity (Wildman–Crippen MR) is 45.0 cm³/mol. The summed E-state index contributed by atoms with van der Waals surface area (Å²) in [6.45, 7) is 0. The lowest BCUT2D eigenvalue weighted by Gasteiger charge is -1.95. The molecule has 0 fully saturated rings. The molecule has 0 aromatic carbocycles. The van der Waals surface area contributed by atoms with Crippen LogP contribution in [0.3, 0.4) is 0 Å². The fourth-order valence-corrected chi connectivity index (χ4v) is 1.78. The number of fused-ring (bicyclic) bond motifs is 1. The summed E-state index contributed by atoms with van der Waals surface area (Å²) >= 11 is 0. The van der Waals surface area contributed by atoms with Crippen molar-refractivity contribution in [2.45, 2.75) is 18.9 Å². The van der Waals surface area contributed by atoms with Gasteiger partial charge in [0, 0.05) is 5.56 Å². The molecule has 1 atom stereocenters. The predicted octanol–water partition coefficient (Wildman–Crippen LogP) is -0.431. The first kappa shape index (κ1) is 7.63. The number of nitrogens with one attached hydrogen (secondary N) is 2. The zero-order valence-corrected chi connectivity index (χ0v) is 7.23. The van der Waals surface area contributed by atoms with Crippen molar-refractivity contribution in [3.05, 3.63) is 11.3 Å². The van der Waals surface area contributed by atoms with Crippen molar-refractivity contribution in [3.8, 4) is 11.5 Å². The topological polar surface area (TPSA) is 103 Å². The Kier molecular flexibility index (Phi) is 1.42. The molecule has 1 aliphatic rings. The third-order valence-corrected chi connectivity index (χ3v) is 2.46. The van der Waals surface area contributed by atoms with Crippen LogP contribution in [0.5, 0.6) is 0 Å². The van der Waals surface area contributed by atoms with Crippen LogP contribution in [0.15, 0.2) is 0 Å². The lowest BCUT2D eigenvalue weighted by molar-refractivity contribution is 0.175. The first-order valence-corrected chi connectivity index (χ1v) is 4.35. The summed E-state index contributed by atoms with van der Waals surface area (Å²) < 4.78 is 0. The number of H-pyrrole nitrogens is 2. The zero-order valence-electron chi connectivity index (χ0n) is 7.23. The molecule has 14 heavy (non-hydrogen) atoms. The minimum atomic E-state index is -0.432. The van der Waals surface area contributed by atoms with Crippen LogP contribution < -0.4 is 0 Å². The van der Waals surface area contributed by atoms with E-state index in [9.17, 15) is 5.11 Å². The van der Waals surface area contributed by atoms with E-state index in [-0.39, 0.29) is 0 Å². The Morgan fingerprint density at radius 1 is 1.36 bits per heavy atom. The van der Waals surface area contributed by atoms with Crippen LogP contribution in [0.25, 0.3) is 11.5 Å². The maximum absolute atomic E-state index is 9.56. The molecule has 1 aliphatic carbocycles. The number of aliphatic hydroxyl groups excluding tert-OH is 1. The van der Waals surface area contributed by atoms with Crippen molar-refractivity contribution < 1.29 is 5.11 Å². The van der Waals surface area contributed by atoms with E-state index in [1.807, 2.05) is 0 Å². The molecule has 0 saturated heterocycles. The van der Waals surface area contributed by atoms with Gasteiger partial charge in [-0.25, -0.2) is 0 Å². The molecule has 0 amide bonds. The van der Waals surface area contributed by atoms with E-state index in [0.29, 0.717) is 11.5 Å². The molecule has 1 unspecified atom stereocenters. The number of tetrazole rings is 1. The molecule has 3 N–H and O–H groups in total. The summed E-state index contributed by atoms with van der Waals surface area (Å²) in [5.74, 6) is 0.469. The third kappa shape index (κ3) is 0.896. The van der Waals surface area contributed by atoms with Gasteiger partial charge in [0.05, 0.1) is 11.8 Å². The Labute approximate surface area is 78.5 Å². The lowest BCUT2D eigenvalue weighted by Crippen LogP contribution is -1.90. The normalized spacial score (nSPS) is 19.9. The van der Waals surface area contributed by atoms with Crippen molar-refractivity contribution >= 4 is 0 Å². The van der Waals surface area contributed by atoms with Gasteiger partial charge in [0.2, 0.25) is 5.82 Å². The summed E-state index contributed by atoms with van der Waals surface area (Å²) in [5, 5.41) is 30.0. The summed E-state index contributed by atoms with van der Waals surface area (Å²) in [6.07, 6.45) is 1.10. The maximum Gasteiger partial charge on any atom is 0.225 e. The Hall–Kier alpha value is -1.76. The second-order valence-electron chi connectivity index (χ2n) is 3.25. The number of aromatic nitrogens is 6. The molecule has 72 valence electrons. The average molecular weight is 192 g/mol. The Morgan fingerprint density at radius 2 is 2.29 bits per heavy atom. The van der Waals surface area contributed by atoms with Crippen LogP contribution in [0.1, 0.15) is 23.8 Å². The molecule has 2 aromatic heterocycles. The van der Waals surface area contributed by atoms with Crippen molar-refractivity contribution in [1.82, 2.24) is 30.8 Å². The van der Waals surface area contributed by atoms with Crippen LogP contribution in [0, 0.1) is 0 Å². The van der Waals surface area contributed by atoms with E-state index in [4.69, 9.17) is 0 Å². The van der Waals surface area contributed by atoms with Crippen LogP contribution >= 0.6 is 0 Å². The summed E-state index contributed by atoms with van der Waals surface area (Å²) in [5.41, 5.74) is 2.47.